The third-order valence-electron chi connectivity index (χ3n) is 3.15. The van der Waals surface area contributed by atoms with Crippen LogP contribution in [0.25, 0.3) is 0 Å². The Morgan fingerprint density at radius 2 is 1.80 bits per heavy atom. The first-order chi connectivity index (χ1) is 7.02. The van der Waals surface area contributed by atoms with Crippen LogP contribution < -0.4 is 5.73 Å². The lowest BCUT2D eigenvalue weighted by Gasteiger charge is -2.18. The smallest absolute Gasteiger partial charge is 0.0854 e. The van der Waals surface area contributed by atoms with Gasteiger partial charge in [-0.2, -0.15) is 5.10 Å². The normalized spacial score (nSPS) is 13.5. The summed E-state index contributed by atoms with van der Waals surface area (Å²) in [6.45, 7) is 10.9. The van der Waals surface area contributed by atoms with Crippen LogP contribution in [0.15, 0.2) is 0 Å². The fourth-order valence-electron chi connectivity index (χ4n) is 1.77. The third-order valence-corrected chi connectivity index (χ3v) is 3.15. The van der Waals surface area contributed by atoms with E-state index < -0.39 is 0 Å². The summed E-state index contributed by atoms with van der Waals surface area (Å²) in [6, 6.07) is 0.419. The minimum absolute atomic E-state index is 0.419. The van der Waals surface area contributed by atoms with E-state index in [-0.39, 0.29) is 0 Å². The van der Waals surface area contributed by atoms with Gasteiger partial charge in [0.15, 0.2) is 0 Å². The van der Waals surface area contributed by atoms with Crippen molar-refractivity contribution in [1.82, 2.24) is 9.78 Å². The summed E-state index contributed by atoms with van der Waals surface area (Å²) < 4.78 is 2.11. The highest BCUT2D eigenvalue weighted by atomic mass is 15.3. The number of nitrogens with two attached hydrogens (primary N) is 1. The van der Waals surface area contributed by atoms with Crippen molar-refractivity contribution in [3.63, 3.8) is 0 Å². The quantitative estimate of drug-likeness (QED) is 0.828. The summed E-state index contributed by atoms with van der Waals surface area (Å²) in [5, 5.41) is 4.61. The van der Waals surface area contributed by atoms with E-state index in [1.54, 1.807) is 0 Å². The van der Waals surface area contributed by atoms with Gasteiger partial charge in [-0.15, -0.1) is 0 Å². The van der Waals surface area contributed by atoms with Crippen LogP contribution in [0.1, 0.15) is 52.0 Å². The predicted molar refractivity (Wildman–Crippen MR) is 64.9 cm³/mol. The average Bonchev–Trinajstić information content (AvgIpc) is 2.53. The van der Waals surface area contributed by atoms with Crippen molar-refractivity contribution < 1.29 is 0 Å². The van der Waals surface area contributed by atoms with Crippen molar-refractivity contribution in [2.24, 2.45) is 5.92 Å². The molecule has 0 aliphatic heterocycles. The maximum absolute atomic E-state index is 6.08. The second-order valence-electron chi connectivity index (χ2n) is 4.44. The number of rotatable bonds is 4. The third kappa shape index (κ3) is 2.16. The summed E-state index contributed by atoms with van der Waals surface area (Å²) >= 11 is 0. The molecule has 3 heteroatoms. The molecule has 0 saturated carbocycles. The molecule has 0 fully saturated rings. The Balaban J connectivity index is 3.17. The Kier molecular flexibility index (Phi) is 3.77. The van der Waals surface area contributed by atoms with Crippen molar-refractivity contribution in [2.75, 3.05) is 5.73 Å². The van der Waals surface area contributed by atoms with Gasteiger partial charge >= 0.3 is 0 Å². The maximum Gasteiger partial charge on any atom is 0.0854 e. The minimum atomic E-state index is 0.419. The SMILES string of the molecule is CCc1nn(C(C)C(C)C)c(CC)c1N. The van der Waals surface area contributed by atoms with Crippen LogP contribution in [-0.4, -0.2) is 9.78 Å². The van der Waals surface area contributed by atoms with Gasteiger partial charge in [-0.25, -0.2) is 0 Å². The Bertz CT molecular complexity index is 326. The van der Waals surface area contributed by atoms with Gasteiger partial charge in [-0.05, 0) is 25.7 Å². The van der Waals surface area contributed by atoms with Crippen molar-refractivity contribution in [3.05, 3.63) is 11.4 Å². The zero-order valence-electron chi connectivity index (χ0n) is 10.5. The van der Waals surface area contributed by atoms with Crippen LogP contribution in [0.2, 0.25) is 0 Å². The molecule has 1 rings (SSSR count). The van der Waals surface area contributed by atoms with Gasteiger partial charge in [0.2, 0.25) is 0 Å². The number of hydrogen-bond acceptors (Lipinski definition) is 2. The number of aryl methyl sites for hydroxylation is 1. The van der Waals surface area contributed by atoms with E-state index >= 15 is 0 Å². The van der Waals surface area contributed by atoms with Crippen LogP contribution in [0.5, 0.6) is 0 Å². The van der Waals surface area contributed by atoms with Gasteiger partial charge in [-0.1, -0.05) is 27.7 Å². The number of anilines is 1. The average molecular weight is 209 g/mol. The molecule has 0 spiro atoms. The van der Waals surface area contributed by atoms with Crippen LogP contribution in [0.3, 0.4) is 0 Å². The number of hydrogen-bond donors (Lipinski definition) is 1. The highest BCUT2D eigenvalue weighted by molar-refractivity contribution is 5.48. The molecule has 0 aromatic carbocycles. The molecule has 0 aliphatic carbocycles. The van der Waals surface area contributed by atoms with Crippen LogP contribution in [-0.2, 0) is 12.8 Å². The molecule has 0 radical (unpaired) electrons. The molecule has 0 aliphatic rings. The van der Waals surface area contributed by atoms with E-state index in [1.165, 1.54) is 5.69 Å². The highest BCUT2D eigenvalue weighted by Crippen LogP contribution is 2.25. The Labute approximate surface area is 92.7 Å². The van der Waals surface area contributed by atoms with E-state index in [0.717, 1.165) is 24.2 Å². The first-order valence-electron chi connectivity index (χ1n) is 5.88. The fourth-order valence-corrected chi connectivity index (χ4v) is 1.77. The molecule has 1 heterocycles. The molecule has 1 unspecified atom stereocenters. The lowest BCUT2D eigenvalue weighted by atomic mass is 10.1. The molecule has 0 amide bonds. The summed E-state index contributed by atoms with van der Waals surface area (Å²) in [5.41, 5.74) is 9.20. The number of nitrogens with zero attached hydrogens (tertiary/aromatic N) is 2. The molecule has 1 aromatic rings. The molecule has 1 aromatic heterocycles. The van der Waals surface area contributed by atoms with Crippen LogP contribution in [0.4, 0.5) is 5.69 Å². The molecular formula is C12H23N3. The largest absolute Gasteiger partial charge is 0.396 e. The molecule has 3 nitrogen and oxygen atoms in total. The summed E-state index contributed by atoms with van der Waals surface area (Å²) in [7, 11) is 0. The Morgan fingerprint density at radius 1 is 1.20 bits per heavy atom. The van der Waals surface area contributed by atoms with Gasteiger partial charge in [0.05, 0.1) is 23.1 Å². The standard InChI is InChI=1S/C12H23N3/c1-6-10-12(13)11(7-2)15(14-10)9(5)8(3)4/h8-9H,6-7,13H2,1-5H3. The molecule has 2 N–H and O–H groups in total. The van der Waals surface area contributed by atoms with Crippen molar-refractivity contribution in [2.45, 2.75) is 53.5 Å². The van der Waals surface area contributed by atoms with Gasteiger partial charge in [0, 0.05) is 0 Å². The van der Waals surface area contributed by atoms with Crippen molar-refractivity contribution >= 4 is 5.69 Å². The monoisotopic (exact) mass is 209 g/mol. The van der Waals surface area contributed by atoms with E-state index in [9.17, 15) is 0 Å². The molecule has 1 atom stereocenters. The Morgan fingerprint density at radius 3 is 2.20 bits per heavy atom. The number of aromatic nitrogens is 2. The summed E-state index contributed by atoms with van der Waals surface area (Å²) in [5.74, 6) is 0.583. The second-order valence-corrected chi connectivity index (χ2v) is 4.44. The van der Waals surface area contributed by atoms with E-state index in [1.807, 2.05) is 0 Å². The molecule has 0 bridgehead atoms. The lowest BCUT2D eigenvalue weighted by molar-refractivity contribution is 0.364. The predicted octanol–water partition coefficient (Wildman–Crippen LogP) is 2.81. The van der Waals surface area contributed by atoms with Crippen LogP contribution >= 0.6 is 0 Å². The van der Waals surface area contributed by atoms with Gasteiger partial charge < -0.3 is 5.73 Å². The van der Waals surface area contributed by atoms with E-state index in [2.05, 4.69) is 44.4 Å². The van der Waals surface area contributed by atoms with E-state index in [0.29, 0.717) is 12.0 Å². The molecule has 15 heavy (non-hydrogen) atoms. The first-order valence-corrected chi connectivity index (χ1v) is 5.88. The van der Waals surface area contributed by atoms with Gasteiger partial charge in [-0.3, -0.25) is 4.68 Å². The Hall–Kier alpha value is -0.990. The number of nitrogen functional groups attached to an aromatic ring is 1. The second kappa shape index (κ2) is 4.69. The summed E-state index contributed by atoms with van der Waals surface area (Å²) in [6.07, 6.45) is 1.87. The molecule has 0 saturated heterocycles. The lowest BCUT2D eigenvalue weighted by Crippen LogP contribution is -2.15. The zero-order chi connectivity index (χ0) is 11.6. The van der Waals surface area contributed by atoms with Crippen molar-refractivity contribution in [3.8, 4) is 0 Å². The first kappa shape index (κ1) is 12.1. The summed E-state index contributed by atoms with van der Waals surface area (Å²) in [4.78, 5) is 0. The van der Waals surface area contributed by atoms with E-state index in [4.69, 9.17) is 5.73 Å². The minimum Gasteiger partial charge on any atom is -0.396 e. The van der Waals surface area contributed by atoms with Gasteiger partial charge in [0.1, 0.15) is 0 Å². The molecular weight excluding hydrogens is 186 g/mol. The topological polar surface area (TPSA) is 43.8 Å². The van der Waals surface area contributed by atoms with Gasteiger partial charge in [0.25, 0.3) is 0 Å². The highest BCUT2D eigenvalue weighted by Gasteiger charge is 2.18. The fraction of sp³-hybridized carbons (Fsp3) is 0.750. The van der Waals surface area contributed by atoms with Crippen molar-refractivity contribution in [1.29, 1.82) is 0 Å². The molecule has 86 valence electrons. The van der Waals surface area contributed by atoms with Crippen LogP contribution in [0, 0.1) is 5.92 Å². The maximum atomic E-state index is 6.08. The zero-order valence-corrected chi connectivity index (χ0v) is 10.5.